The van der Waals surface area contributed by atoms with Crippen LogP contribution in [0.4, 0.5) is 0 Å². The third-order valence-corrected chi connectivity index (χ3v) is 2.71. The van der Waals surface area contributed by atoms with Gasteiger partial charge in [-0.15, -0.1) is 10.2 Å². The van der Waals surface area contributed by atoms with Crippen LogP contribution in [-0.4, -0.2) is 12.5 Å². The molecule has 4 nitrogen and oxygen atoms in total. The number of aryl methyl sites for hydroxylation is 1. The average Bonchev–Trinajstić information content (AvgIpc) is 2.01. The summed E-state index contributed by atoms with van der Waals surface area (Å²) in [4.78, 5) is 1.45. The maximum absolute atomic E-state index is 8.49. The van der Waals surface area contributed by atoms with Crippen molar-refractivity contribution < 1.29 is 28.9 Å². The van der Waals surface area contributed by atoms with E-state index in [4.69, 9.17) is 18.6 Å². The van der Waals surface area contributed by atoms with Gasteiger partial charge in [0.05, 0.1) is 0 Å². The number of hydrogen-bond acceptors (Lipinski definition) is 4. The van der Waals surface area contributed by atoms with Crippen LogP contribution in [0.1, 0.15) is 5.56 Å². The standard InChI is InChI=1S/C9H13S.ClHO4/c1-8-4-6-9(7-5-8)10(2)3;2-1(3,4)5/h4-7H,1-3H3;(H,2,3,4,5)/q+1;/p-1. The average molecular weight is 253 g/mol. The Kier molecular flexibility index (Phi) is 6.19. The normalized spacial score (nSPS) is 10.9. The lowest BCUT2D eigenvalue weighted by atomic mass is 10.2. The summed E-state index contributed by atoms with van der Waals surface area (Å²) in [5, 5.41) is 0. The zero-order valence-corrected chi connectivity index (χ0v) is 10.3. The molecule has 1 rings (SSSR count). The molecule has 0 aliphatic rings. The predicted molar refractivity (Wildman–Crippen MR) is 48.7 cm³/mol. The van der Waals surface area contributed by atoms with Gasteiger partial charge >= 0.3 is 0 Å². The molecule has 0 bridgehead atoms. The number of benzene rings is 1. The Morgan fingerprint density at radius 2 is 1.27 bits per heavy atom. The van der Waals surface area contributed by atoms with Gasteiger partial charge in [0.2, 0.25) is 0 Å². The number of hydrogen-bond donors (Lipinski definition) is 0. The molecule has 15 heavy (non-hydrogen) atoms. The summed E-state index contributed by atoms with van der Waals surface area (Å²) in [5.41, 5.74) is 1.34. The maximum atomic E-state index is 8.49. The van der Waals surface area contributed by atoms with Gasteiger partial charge in [-0.2, -0.15) is 0 Å². The van der Waals surface area contributed by atoms with Crippen molar-refractivity contribution in [1.82, 2.24) is 0 Å². The van der Waals surface area contributed by atoms with E-state index in [0.29, 0.717) is 10.9 Å². The molecule has 1 aromatic carbocycles. The van der Waals surface area contributed by atoms with E-state index in [9.17, 15) is 0 Å². The van der Waals surface area contributed by atoms with E-state index in [1.807, 2.05) is 0 Å². The van der Waals surface area contributed by atoms with Gasteiger partial charge in [-0.05, 0) is 19.1 Å². The topological polar surface area (TPSA) is 92.2 Å². The lowest BCUT2D eigenvalue weighted by molar-refractivity contribution is -2.00. The van der Waals surface area contributed by atoms with Crippen molar-refractivity contribution in [2.45, 2.75) is 11.8 Å². The first-order chi connectivity index (χ1) is 6.70. The predicted octanol–water partition coefficient (Wildman–Crippen LogP) is -2.52. The van der Waals surface area contributed by atoms with E-state index in [1.54, 1.807) is 0 Å². The summed E-state index contributed by atoms with van der Waals surface area (Å²) < 4.78 is 34.0. The second kappa shape index (κ2) is 6.32. The first-order valence-electron chi connectivity index (χ1n) is 3.96. The molecule has 0 radical (unpaired) electrons. The largest absolute Gasteiger partial charge is 0.222 e. The maximum Gasteiger partial charge on any atom is 0.154 e. The SMILES string of the molecule is Cc1ccc([S+](C)C)cc1.[O-][Cl+3]([O-])([O-])[O-]. The Morgan fingerprint density at radius 3 is 1.53 bits per heavy atom. The molecule has 0 saturated heterocycles. The quantitative estimate of drug-likeness (QED) is 0.516. The van der Waals surface area contributed by atoms with Crippen molar-refractivity contribution in [2.75, 3.05) is 12.5 Å². The lowest BCUT2D eigenvalue weighted by Crippen LogP contribution is -2.68. The van der Waals surface area contributed by atoms with Gasteiger partial charge in [0, 0.05) is 10.9 Å². The molecule has 1 aromatic rings. The Hall–Kier alpha value is -0.300. The second-order valence-corrected chi connectivity index (χ2v) is 5.87. The number of rotatable bonds is 1. The molecule has 0 amide bonds. The van der Waals surface area contributed by atoms with E-state index < -0.39 is 10.2 Å². The Bertz CT molecular complexity index is 275. The third-order valence-electron chi connectivity index (χ3n) is 1.49. The summed E-state index contributed by atoms with van der Waals surface area (Å²) in [6.07, 6.45) is 4.48. The van der Waals surface area contributed by atoms with Crippen LogP contribution in [0.5, 0.6) is 0 Å². The van der Waals surface area contributed by atoms with Crippen LogP contribution in [0.2, 0.25) is 0 Å². The minimum absolute atomic E-state index is 0.413. The van der Waals surface area contributed by atoms with Crippen molar-refractivity contribution in [1.29, 1.82) is 0 Å². The van der Waals surface area contributed by atoms with Crippen LogP contribution in [0.15, 0.2) is 29.2 Å². The highest BCUT2D eigenvalue weighted by Gasteiger charge is 2.05. The van der Waals surface area contributed by atoms with Crippen LogP contribution in [0, 0.1) is 17.2 Å². The van der Waals surface area contributed by atoms with Gasteiger partial charge in [-0.25, -0.2) is 18.6 Å². The highest BCUT2D eigenvalue weighted by molar-refractivity contribution is 7.95. The van der Waals surface area contributed by atoms with E-state index in [1.165, 1.54) is 10.5 Å². The number of halogens is 1. The molecule has 0 N–H and O–H groups in total. The van der Waals surface area contributed by atoms with Gasteiger partial charge in [-0.3, -0.25) is 0 Å². The van der Waals surface area contributed by atoms with Crippen LogP contribution in [-0.2, 0) is 10.9 Å². The van der Waals surface area contributed by atoms with E-state index >= 15 is 0 Å². The van der Waals surface area contributed by atoms with Gasteiger partial charge in [0.1, 0.15) is 12.5 Å². The van der Waals surface area contributed by atoms with Crippen molar-refractivity contribution in [2.24, 2.45) is 0 Å². The zero-order chi connectivity index (χ0) is 12.1. The highest BCUT2D eigenvalue weighted by Crippen LogP contribution is 2.09. The smallest absolute Gasteiger partial charge is 0.154 e. The molecule has 0 saturated carbocycles. The fourth-order valence-corrected chi connectivity index (χ4v) is 1.49. The molecular formula is C9H13ClO4S. The highest BCUT2D eigenvalue weighted by atomic mass is 35.7. The van der Waals surface area contributed by atoms with Crippen molar-refractivity contribution in [3.05, 3.63) is 29.8 Å². The molecular weight excluding hydrogens is 240 g/mol. The molecule has 86 valence electrons. The molecule has 6 heteroatoms. The summed E-state index contributed by atoms with van der Waals surface area (Å²) >= 11 is 0. The van der Waals surface area contributed by atoms with Crippen LogP contribution in [0.25, 0.3) is 0 Å². The van der Waals surface area contributed by atoms with Crippen molar-refractivity contribution >= 4 is 10.9 Å². The van der Waals surface area contributed by atoms with Crippen molar-refractivity contribution in [3.63, 3.8) is 0 Å². The van der Waals surface area contributed by atoms with Gasteiger partial charge in [0.15, 0.2) is 4.90 Å². The fraction of sp³-hybridized carbons (Fsp3) is 0.333. The monoisotopic (exact) mass is 252 g/mol. The summed E-state index contributed by atoms with van der Waals surface area (Å²) in [7, 11) is -4.53. The molecule has 0 unspecified atom stereocenters. The third kappa shape index (κ3) is 9.99. The first-order valence-corrected chi connectivity index (χ1v) is 7.23. The molecule has 0 heterocycles. The Labute approximate surface area is 94.3 Å². The molecule has 0 aromatic heterocycles. The first kappa shape index (κ1) is 14.7. The summed E-state index contributed by atoms with van der Waals surface area (Å²) in [6.45, 7) is 2.12. The van der Waals surface area contributed by atoms with Crippen LogP contribution >= 0.6 is 0 Å². The molecule has 0 spiro atoms. The van der Waals surface area contributed by atoms with E-state index in [0.717, 1.165) is 0 Å². The zero-order valence-electron chi connectivity index (χ0n) is 8.73. The molecule has 0 fully saturated rings. The Morgan fingerprint density at radius 1 is 0.933 bits per heavy atom. The minimum atomic E-state index is -4.94. The summed E-state index contributed by atoms with van der Waals surface area (Å²) in [5.74, 6) is 0. The Balaban J connectivity index is 0.000000336. The lowest BCUT2D eigenvalue weighted by Gasteiger charge is -2.17. The van der Waals surface area contributed by atoms with Crippen LogP contribution in [0.3, 0.4) is 0 Å². The molecule has 0 aliphatic carbocycles. The second-order valence-electron chi connectivity index (χ2n) is 3.01. The molecule has 0 aliphatic heterocycles. The van der Waals surface area contributed by atoms with E-state index in [2.05, 4.69) is 43.7 Å². The summed E-state index contributed by atoms with van der Waals surface area (Å²) in [6, 6.07) is 8.75. The van der Waals surface area contributed by atoms with Crippen molar-refractivity contribution in [3.8, 4) is 0 Å². The van der Waals surface area contributed by atoms with Gasteiger partial charge < -0.3 is 0 Å². The van der Waals surface area contributed by atoms with Crippen LogP contribution < -0.4 is 18.6 Å². The fourth-order valence-electron chi connectivity index (χ4n) is 0.810. The van der Waals surface area contributed by atoms with Gasteiger partial charge in [0.25, 0.3) is 0 Å². The minimum Gasteiger partial charge on any atom is -0.222 e. The van der Waals surface area contributed by atoms with E-state index in [-0.39, 0.29) is 0 Å². The van der Waals surface area contributed by atoms with Gasteiger partial charge in [-0.1, -0.05) is 17.7 Å². The molecule has 0 atom stereocenters.